The van der Waals surface area contributed by atoms with Crippen molar-refractivity contribution in [2.24, 2.45) is 5.92 Å². The van der Waals surface area contributed by atoms with E-state index in [1.54, 1.807) is 4.90 Å². The smallest absolute Gasteiger partial charge is 0.320 e. The Morgan fingerprint density at radius 1 is 1.40 bits per heavy atom. The molecule has 2 unspecified atom stereocenters. The number of carbonyl (C=O) groups is 2. The number of imide groups is 1. The maximum absolute atomic E-state index is 11.6. The predicted octanol–water partition coefficient (Wildman–Crippen LogP) is 1.28. The van der Waals surface area contributed by atoms with Gasteiger partial charge in [0.2, 0.25) is 5.91 Å². The van der Waals surface area contributed by atoms with E-state index in [1.807, 2.05) is 6.92 Å². The number of rotatable bonds is 1. The molecular formula is C11H16N2O2. The first-order chi connectivity index (χ1) is 7.18. The van der Waals surface area contributed by atoms with Crippen LogP contribution in [-0.2, 0) is 4.79 Å². The molecule has 0 aromatic heterocycles. The van der Waals surface area contributed by atoms with Crippen molar-refractivity contribution in [3.05, 3.63) is 12.2 Å². The molecule has 0 bridgehead atoms. The summed E-state index contributed by atoms with van der Waals surface area (Å²) in [5, 5.41) is 2.40. The molecule has 1 aliphatic carbocycles. The Labute approximate surface area is 89.3 Å². The fraction of sp³-hybridized carbons (Fsp3) is 0.636. The van der Waals surface area contributed by atoms with Crippen LogP contribution in [0.1, 0.15) is 26.2 Å². The summed E-state index contributed by atoms with van der Waals surface area (Å²) < 4.78 is 0. The van der Waals surface area contributed by atoms with Crippen LogP contribution in [0.4, 0.5) is 4.79 Å². The minimum absolute atomic E-state index is 0.0893. The second-order valence-corrected chi connectivity index (χ2v) is 4.29. The van der Waals surface area contributed by atoms with Crippen molar-refractivity contribution in [2.75, 3.05) is 6.54 Å². The number of carbonyl (C=O) groups excluding carboxylic acids is 2. The highest BCUT2D eigenvalue weighted by molar-refractivity contribution is 5.97. The summed E-state index contributed by atoms with van der Waals surface area (Å²) in [5.74, 6) is -0.240. The third-order valence-electron chi connectivity index (χ3n) is 3.09. The minimum atomic E-state index is -0.224. The van der Waals surface area contributed by atoms with Crippen LogP contribution in [0.15, 0.2) is 12.2 Å². The van der Waals surface area contributed by atoms with E-state index in [2.05, 4.69) is 17.5 Å². The molecule has 15 heavy (non-hydrogen) atoms. The summed E-state index contributed by atoms with van der Waals surface area (Å²) in [6, 6.07) is 0.0453. The van der Waals surface area contributed by atoms with Crippen molar-refractivity contribution in [3.63, 3.8) is 0 Å². The third-order valence-corrected chi connectivity index (χ3v) is 3.09. The molecule has 1 aliphatic heterocycles. The Hall–Kier alpha value is -1.32. The van der Waals surface area contributed by atoms with Crippen LogP contribution in [0.25, 0.3) is 0 Å². The number of hydrogen-bond donors (Lipinski definition) is 1. The van der Waals surface area contributed by atoms with Crippen LogP contribution < -0.4 is 5.32 Å². The molecule has 0 aromatic rings. The van der Waals surface area contributed by atoms with Crippen molar-refractivity contribution in [2.45, 2.75) is 32.2 Å². The molecule has 0 radical (unpaired) electrons. The molecule has 2 aliphatic rings. The van der Waals surface area contributed by atoms with Gasteiger partial charge in [-0.1, -0.05) is 19.1 Å². The Morgan fingerprint density at radius 3 is 2.87 bits per heavy atom. The van der Waals surface area contributed by atoms with Gasteiger partial charge in [0.15, 0.2) is 0 Å². The van der Waals surface area contributed by atoms with Gasteiger partial charge in [0.25, 0.3) is 0 Å². The maximum Gasteiger partial charge on any atom is 0.324 e. The van der Waals surface area contributed by atoms with Gasteiger partial charge < -0.3 is 4.90 Å². The van der Waals surface area contributed by atoms with Crippen molar-refractivity contribution >= 4 is 11.9 Å². The Morgan fingerprint density at radius 2 is 2.20 bits per heavy atom. The van der Waals surface area contributed by atoms with Gasteiger partial charge in [-0.3, -0.25) is 10.1 Å². The zero-order valence-electron chi connectivity index (χ0n) is 8.90. The lowest BCUT2D eigenvalue weighted by Crippen LogP contribution is -2.57. The van der Waals surface area contributed by atoms with Crippen molar-refractivity contribution < 1.29 is 9.59 Å². The van der Waals surface area contributed by atoms with E-state index >= 15 is 0 Å². The summed E-state index contributed by atoms with van der Waals surface area (Å²) in [5.41, 5.74) is 0. The molecule has 1 saturated heterocycles. The van der Waals surface area contributed by atoms with Gasteiger partial charge in [-0.15, -0.1) is 0 Å². The molecule has 2 atom stereocenters. The van der Waals surface area contributed by atoms with Crippen LogP contribution in [0.3, 0.4) is 0 Å². The van der Waals surface area contributed by atoms with E-state index in [9.17, 15) is 9.59 Å². The highest BCUT2D eigenvalue weighted by Crippen LogP contribution is 2.20. The summed E-state index contributed by atoms with van der Waals surface area (Å²) in [7, 11) is 0. The molecule has 1 fully saturated rings. The van der Waals surface area contributed by atoms with Crippen LogP contribution >= 0.6 is 0 Å². The number of amides is 3. The highest BCUT2D eigenvalue weighted by Gasteiger charge is 2.33. The number of hydrogen-bond acceptors (Lipinski definition) is 2. The topological polar surface area (TPSA) is 49.4 Å². The first-order valence-electron chi connectivity index (χ1n) is 5.45. The Bertz CT molecular complexity index is 312. The molecule has 0 spiro atoms. The largest absolute Gasteiger partial charge is 0.324 e. The minimum Gasteiger partial charge on any atom is -0.320 e. The van der Waals surface area contributed by atoms with Crippen molar-refractivity contribution in [1.82, 2.24) is 10.2 Å². The lowest BCUT2D eigenvalue weighted by Gasteiger charge is -2.37. The fourth-order valence-electron chi connectivity index (χ4n) is 2.14. The van der Waals surface area contributed by atoms with E-state index in [0.717, 1.165) is 19.3 Å². The van der Waals surface area contributed by atoms with Crippen LogP contribution in [0.2, 0.25) is 0 Å². The highest BCUT2D eigenvalue weighted by atomic mass is 16.2. The van der Waals surface area contributed by atoms with Gasteiger partial charge >= 0.3 is 6.03 Å². The Balaban J connectivity index is 2.05. The van der Waals surface area contributed by atoms with Gasteiger partial charge in [-0.2, -0.15) is 0 Å². The van der Waals surface area contributed by atoms with Crippen molar-refractivity contribution in [1.29, 1.82) is 0 Å². The van der Waals surface area contributed by atoms with Crippen LogP contribution in [0.5, 0.6) is 0 Å². The first kappa shape index (κ1) is 10.2. The second-order valence-electron chi connectivity index (χ2n) is 4.29. The normalized spacial score (nSPS) is 31.7. The number of nitrogens with one attached hydrogen (secondary N) is 1. The predicted molar refractivity (Wildman–Crippen MR) is 56.2 cm³/mol. The average molecular weight is 208 g/mol. The number of allylic oxidation sites excluding steroid dienone is 1. The molecule has 1 heterocycles. The van der Waals surface area contributed by atoms with Gasteiger partial charge in [0.1, 0.15) is 0 Å². The van der Waals surface area contributed by atoms with Gasteiger partial charge in [0, 0.05) is 12.6 Å². The lowest BCUT2D eigenvalue weighted by atomic mass is 9.98. The number of urea groups is 1. The molecule has 0 saturated carbocycles. The average Bonchev–Trinajstić information content (AvgIpc) is 2.25. The van der Waals surface area contributed by atoms with E-state index in [-0.39, 0.29) is 23.9 Å². The summed E-state index contributed by atoms with van der Waals surface area (Å²) in [6.07, 6.45) is 7.20. The van der Waals surface area contributed by atoms with Crippen LogP contribution in [-0.4, -0.2) is 29.4 Å². The fourth-order valence-corrected chi connectivity index (χ4v) is 2.14. The maximum atomic E-state index is 11.6. The quantitative estimate of drug-likeness (QED) is 0.660. The molecule has 0 aromatic carbocycles. The second kappa shape index (κ2) is 4.04. The summed E-state index contributed by atoms with van der Waals surface area (Å²) >= 11 is 0. The van der Waals surface area contributed by atoms with Gasteiger partial charge in [-0.05, 0) is 19.3 Å². The van der Waals surface area contributed by atoms with E-state index in [1.165, 1.54) is 0 Å². The summed E-state index contributed by atoms with van der Waals surface area (Å²) in [4.78, 5) is 24.7. The van der Waals surface area contributed by atoms with Crippen LogP contribution in [0, 0.1) is 5.92 Å². The van der Waals surface area contributed by atoms with Crippen molar-refractivity contribution in [3.8, 4) is 0 Å². The standard InChI is InChI=1S/C11H16N2O2/c1-8-7-13(11(15)12-10(8)14)9-5-3-2-4-6-9/h2-3,8-9H,4-7H2,1H3,(H,12,14,15). The number of nitrogens with zero attached hydrogens (tertiary/aromatic N) is 1. The zero-order chi connectivity index (χ0) is 10.8. The molecule has 2 rings (SSSR count). The molecule has 1 N–H and O–H groups in total. The summed E-state index contributed by atoms with van der Waals surface area (Å²) in [6.45, 7) is 2.41. The SMILES string of the molecule is CC1CN(C2CC=CCC2)C(=O)NC1=O. The van der Waals surface area contributed by atoms with E-state index < -0.39 is 0 Å². The van der Waals surface area contributed by atoms with Gasteiger partial charge in [0.05, 0.1) is 5.92 Å². The zero-order valence-corrected chi connectivity index (χ0v) is 8.90. The molecule has 4 heteroatoms. The lowest BCUT2D eigenvalue weighted by molar-refractivity contribution is -0.125. The molecule has 3 amide bonds. The molecular weight excluding hydrogens is 192 g/mol. The van der Waals surface area contributed by atoms with E-state index in [4.69, 9.17) is 0 Å². The van der Waals surface area contributed by atoms with Gasteiger partial charge in [-0.25, -0.2) is 4.79 Å². The first-order valence-corrected chi connectivity index (χ1v) is 5.45. The third kappa shape index (κ3) is 2.03. The monoisotopic (exact) mass is 208 g/mol. The Kier molecular flexibility index (Phi) is 2.75. The molecule has 82 valence electrons. The molecule has 4 nitrogen and oxygen atoms in total. The van der Waals surface area contributed by atoms with E-state index in [0.29, 0.717) is 6.54 Å².